The molecule has 3 heterocycles. The van der Waals surface area contributed by atoms with Crippen molar-refractivity contribution < 1.29 is 39.9 Å². The van der Waals surface area contributed by atoms with Gasteiger partial charge in [-0.05, 0) is 6.92 Å². The van der Waals surface area contributed by atoms with Crippen molar-refractivity contribution in [2.45, 2.75) is 50.7 Å². The van der Waals surface area contributed by atoms with Crippen LogP contribution in [0.3, 0.4) is 0 Å². The van der Waals surface area contributed by atoms with Gasteiger partial charge in [0.05, 0.1) is 19.5 Å². The molecule has 0 bridgehead atoms. The molecule has 1 aliphatic rings. The molecule has 1 saturated heterocycles. The highest BCUT2D eigenvalue weighted by molar-refractivity contribution is 5.83. The molecule has 0 N–H and O–H groups in total. The summed E-state index contributed by atoms with van der Waals surface area (Å²) >= 11 is 0. The van der Waals surface area contributed by atoms with E-state index in [1.54, 1.807) is 0 Å². The number of hydrogen-bond donors (Lipinski definition) is 0. The zero-order valence-corrected chi connectivity index (χ0v) is 14.7. The Hall–Kier alpha value is -2.48. The fourth-order valence-electron chi connectivity index (χ4n) is 2.56. The van der Waals surface area contributed by atoms with Crippen molar-refractivity contribution in [2.75, 3.05) is 18.0 Å². The first kappa shape index (κ1) is 21.2. The largest absolute Gasteiger partial charge is 0.451 e. The average molecular weight is 434 g/mol. The third kappa shape index (κ3) is 5.12. The lowest BCUT2D eigenvalue weighted by molar-refractivity contribution is -0.190. The van der Waals surface area contributed by atoms with Crippen molar-refractivity contribution in [3.8, 4) is 6.01 Å². The predicted molar refractivity (Wildman–Crippen MR) is 81.7 cm³/mol. The Morgan fingerprint density at radius 3 is 2.34 bits per heavy atom. The molecule has 0 unspecified atom stereocenters. The highest BCUT2D eigenvalue weighted by Gasteiger charge is 2.41. The van der Waals surface area contributed by atoms with E-state index < -0.39 is 56.3 Å². The number of fused-ring (bicyclic) bond motifs is 1. The number of ether oxygens (including phenoxy) is 1. The number of nitrogens with zero attached hydrogens (tertiary/aromatic N) is 6. The molecule has 0 aliphatic carbocycles. The van der Waals surface area contributed by atoms with Crippen LogP contribution in [0.4, 0.5) is 40.9 Å². The van der Waals surface area contributed by atoms with Crippen molar-refractivity contribution in [1.82, 2.24) is 25.0 Å². The van der Waals surface area contributed by atoms with E-state index in [1.807, 2.05) is 0 Å². The van der Waals surface area contributed by atoms with Crippen LogP contribution in [-0.2, 0) is 6.54 Å². The second-order valence-corrected chi connectivity index (χ2v) is 6.49. The van der Waals surface area contributed by atoms with E-state index in [0.717, 1.165) is 4.90 Å². The van der Waals surface area contributed by atoms with E-state index in [-0.39, 0.29) is 23.5 Å². The molecule has 2 aromatic rings. The number of hydrogen-bond acceptors (Lipinski definition) is 6. The summed E-state index contributed by atoms with van der Waals surface area (Å²) in [5, 5.41) is 7.49. The molecular formula is C14H14F8N6O. The Labute approximate surface area is 157 Å². The first-order chi connectivity index (χ1) is 13.2. The van der Waals surface area contributed by atoms with Gasteiger partial charge >= 0.3 is 18.4 Å². The molecule has 3 rings (SSSR count). The predicted octanol–water partition coefficient (Wildman–Crippen LogP) is 3.35. The molecular weight excluding hydrogens is 420 g/mol. The third-order valence-electron chi connectivity index (χ3n) is 4.06. The molecule has 7 nitrogen and oxygen atoms in total. The Morgan fingerprint density at radius 1 is 1.10 bits per heavy atom. The molecule has 1 aliphatic heterocycles. The number of rotatable bonds is 5. The minimum Gasteiger partial charge on any atom is -0.451 e. The SMILES string of the molecule is C[C@H](Oc1nc(N2CCC(F)(F)C2)c2nn(CCC(F)(F)F)nc2n1)C(F)(F)F. The van der Waals surface area contributed by atoms with E-state index in [9.17, 15) is 35.1 Å². The van der Waals surface area contributed by atoms with Crippen LogP contribution in [0.2, 0.25) is 0 Å². The van der Waals surface area contributed by atoms with Gasteiger partial charge in [-0.3, -0.25) is 0 Å². The van der Waals surface area contributed by atoms with Crippen LogP contribution in [0.15, 0.2) is 0 Å². The maximum absolute atomic E-state index is 13.6. The normalized spacial score (nSPS) is 18.4. The molecule has 15 heteroatoms. The van der Waals surface area contributed by atoms with Gasteiger partial charge in [-0.2, -0.15) is 41.1 Å². The van der Waals surface area contributed by atoms with Crippen LogP contribution < -0.4 is 9.64 Å². The highest BCUT2D eigenvalue weighted by Crippen LogP contribution is 2.34. The van der Waals surface area contributed by atoms with Gasteiger partial charge in [0.2, 0.25) is 5.65 Å². The Bertz CT molecular complexity index is 879. The van der Waals surface area contributed by atoms with Gasteiger partial charge in [0, 0.05) is 13.0 Å². The van der Waals surface area contributed by atoms with E-state index in [4.69, 9.17) is 0 Å². The van der Waals surface area contributed by atoms with Crippen LogP contribution >= 0.6 is 0 Å². The van der Waals surface area contributed by atoms with E-state index in [1.165, 1.54) is 0 Å². The summed E-state index contributed by atoms with van der Waals surface area (Å²) < 4.78 is 107. The average Bonchev–Trinajstić information content (AvgIpc) is 3.13. The zero-order chi connectivity index (χ0) is 21.6. The van der Waals surface area contributed by atoms with Gasteiger partial charge in [0.15, 0.2) is 17.4 Å². The standard InChI is InChI=1S/C14H14F8N6O/c1-7(14(20,21)22)29-11-23-9-8(25-28(26-9)5-3-13(17,18)19)10(24-11)27-4-2-12(15,16)6-27/h7H,2-6H2,1H3/t7-/m0/s1. The molecule has 0 spiro atoms. The fourth-order valence-corrected chi connectivity index (χ4v) is 2.56. The lowest BCUT2D eigenvalue weighted by atomic mass is 10.3. The molecule has 1 atom stereocenters. The van der Waals surface area contributed by atoms with Crippen molar-refractivity contribution >= 4 is 17.0 Å². The lowest BCUT2D eigenvalue weighted by Crippen LogP contribution is -2.32. The lowest BCUT2D eigenvalue weighted by Gasteiger charge is -2.19. The molecule has 29 heavy (non-hydrogen) atoms. The Balaban J connectivity index is 1.98. The molecule has 0 saturated carbocycles. The van der Waals surface area contributed by atoms with E-state index in [2.05, 4.69) is 24.9 Å². The van der Waals surface area contributed by atoms with Crippen LogP contribution in [0.1, 0.15) is 19.8 Å². The highest BCUT2D eigenvalue weighted by atomic mass is 19.4. The monoisotopic (exact) mass is 434 g/mol. The Kier molecular flexibility index (Phi) is 5.19. The molecule has 1 fully saturated rings. The number of aromatic nitrogens is 5. The smallest absolute Gasteiger partial charge is 0.425 e. The zero-order valence-electron chi connectivity index (χ0n) is 14.7. The summed E-state index contributed by atoms with van der Waals surface area (Å²) in [6.07, 6.45) is -13.4. The summed E-state index contributed by atoms with van der Waals surface area (Å²) in [4.78, 5) is 9.08. The topological polar surface area (TPSA) is 69.0 Å². The Morgan fingerprint density at radius 2 is 1.79 bits per heavy atom. The summed E-state index contributed by atoms with van der Waals surface area (Å²) in [6, 6.07) is -0.796. The van der Waals surface area contributed by atoms with Crippen molar-refractivity contribution in [3.63, 3.8) is 0 Å². The van der Waals surface area contributed by atoms with Gasteiger partial charge in [0.1, 0.15) is 0 Å². The second-order valence-electron chi connectivity index (χ2n) is 6.49. The van der Waals surface area contributed by atoms with Crippen LogP contribution in [0.25, 0.3) is 11.2 Å². The van der Waals surface area contributed by atoms with Crippen LogP contribution in [0.5, 0.6) is 6.01 Å². The minimum atomic E-state index is -4.75. The molecule has 0 aromatic carbocycles. The third-order valence-corrected chi connectivity index (χ3v) is 4.06. The second kappa shape index (κ2) is 7.09. The van der Waals surface area contributed by atoms with Crippen molar-refractivity contribution in [1.29, 1.82) is 0 Å². The summed E-state index contributed by atoms with van der Waals surface area (Å²) in [5.74, 6) is -3.35. The van der Waals surface area contributed by atoms with Gasteiger partial charge in [-0.15, -0.1) is 10.2 Å². The van der Waals surface area contributed by atoms with Gasteiger partial charge < -0.3 is 9.64 Å². The quantitative estimate of drug-likeness (QED) is 0.673. The van der Waals surface area contributed by atoms with Gasteiger partial charge in [0.25, 0.3) is 5.92 Å². The summed E-state index contributed by atoms with van der Waals surface area (Å²) in [5.41, 5.74) is -0.575. The number of anilines is 1. The summed E-state index contributed by atoms with van der Waals surface area (Å²) in [7, 11) is 0. The van der Waals surface area contributed by atoms with E-state index in [0.29, 0.717) is 11.7 Å². The minimum absolute atomic E-state index is 0.192. The maximum Gasteiger partial charge on any atom is 0.425 e. The van der Waals surface area contributed by atoms with Crippen LogP contribution in [-0.4, -0.2) is 62.4 Å². The van der Waals surface area contributed by atoms with Crippen LogP contribution in [0, 0.1) is 0 Å². The van der Waals surface area contributed by atoms with Crippen molar-refractivity contribution in [3.05, 3.63) is 0 Å². The first-order valence-electron chi connectivity index (χ1n) is 8.29. The molecule has 0 radical (unpaired) electrons. The number of halogens is 8. The number of alkyl halides is 8. The molecule has 2 aromatic heterocycles. The van der Waals surface area contributed by atoms with Gasteiger partial charge in [-0.25, -0.2) is 8.78 Å². The first-order valence-corrected chi connectivity index (χ1v) is 8.29. The van der Waals surface area contributed by atoms with Crippen molar-refractivity contribution in [2.24, 2.45) is 0 Å². The van der Waals surface area contributed by atoms with Gasteiger partial charge in [-0.1, -0.05) is 0 Å². The maximum atomic E-state index is 13.6. The number of aryl methyl sites for hydroxylation is 1. The van der Waals surface area contributed by atoms with E-state index >= 15 is 0 Å². The molecule has 0 amide bonds. The summed E-state index contributed by atoms with van der Waals surface area (Å²) in [6.45, 7) is -0.979. The molecule has 162 valence electrons. The fraction of sp³-hybridized carbons (Fsp3) is 0.714.